The molecule has 3 rings (SSSR count). The van der Waals surface area contributed by atoms with Crippen LogP contribution in [0.1, 0.15) is 5.56 Å². The number of pyridine rings is 1. The number of nitrogens with zero attached hydrogens (tertiary/aromatic N) is 3. The van der Waals surface area contributed by atoms with Gasteiger partial charge in [0.05, 0.1) is 19.0 Å². The van der Waals surface area contributed by atoms with E-state index >= 15 is 0 Å². The Labute approximate surface area is 156 Å². The van der Waals surface area contributed by atoms with Crippen molar-refractivity contribution in [3.05, 3.63) is 58.7 Å². The summed E-state index contributed by atoms with van der Waals surface area (Å²) in [6.07, 6.45) is 5.31. The molecule has 1 aromatic carbocycles. The molecule has 0 radical (unpaired) electrons. The molecule has 1 aromatic heterocycles. The second-order valence-electron chi connectivity index (χ2n) is 5.76. The van der Waals surface area contributed by atoms with E-state index in [1.54, 1.807) is 13.2 Å². The molecule has 0 aliphatic carbocycles. The van der Waals surface area contributed by atoms with Crippen LogP contribution in [-0.4, -0.2) is 49.1 Å². The van der Waals surface area contributed by atoms with Crippen molar-refractivity contribution < 1.29 is 9.53 Å². The molecule has 0 bridgehead atoms. The molecule has 0 atom stereocenters. The van der Waals surface area contributed by atoms with Crippen molar-refractivity contribution in [2.45, 2.75) is 0 Å². The number of ether oxygens (including phenoxy) is 1. The molecular weight excluding hydrogens is 382 g/mol. The van der Waals surface area contributed by atoms with Crippen LogP contribution in [-0.2, 0) is 4.79 Å². The van der Waals surface area contributed by atoms with Gasteiger partial charge in [-0.25, -0.2) is 4.98 Å². The molecule has 0 saturated carbocycles. The first-order valence-corrected chi connectivity index (χ1v) is 8.92. The lowest BCUT2D eigenvalue weighted by molar-refractivity contribution is -0.126. The third kappa shape index (κ3) is 4.60. The second kappa shape index (κ2) is 8.16. The van der Waals surface area contributed by atoms with E-state index < -0.39 is 0 Å². The second-order valence-corrected chi connectivity index (χ2v) is 6.67. The number of anilines is 1. The Balaban J connectivity index is 1.54. The van der Waals surface area contributed by atoms with Crippen LogP contribution in [0.15, 0.2) is 53.1 Å². The fourth-order valence-corrected chi connectivity index (χ4v) is 2.98. The summed E-state index contributed by atoms with van der Waals surface area (Å²) < 4.78 is 6.11. The molecule has 1 aliphatic heterocycles. The Bertz CT molecular complexity index is 736. The van der Waals surface area contributed by atoms with E-state index in [2.05, 4.69) is 25.8 Å². The predicted molar refractivity (Wildman–Crippen MR) is 103 cm³/mol. The van der Waals surface area contributed by atoms with E-state index in [9.17, 15) is 4.79 Å². The van der Waals surface area contributed by atoms with Crippen molar-refractivity contribution in [1.82, 2.24) is 9.88 Å². The Morgan fingerprint density at radius 2 is 1.84 bits per heavy atom. The fraction of sp³-hybridized carbons (Fsp3) is 0.263. The molecule has 1 saturated heterocycles. The maximum atomic E-state index is 12.3. The summed E-state index contributed by atoms with van der Waals surface area (Å²) in [4.78, 5) is 20.7. The largest absolute Gasteiger partial charge is 0.481 e. The van der Waals surface area contributed by atoms with Crippen LogP contribution in [0, 0.1) is 0 Å². The highest BCUT2D eigenvalue weighted by atomic mass is 79.9. The van der Waals surface area contributed by atoms with E-state index in [-0.39, 0.29) is 5.91 Å². The van der Waals surface area contributed by atoms with Crippen molar-refractivity contribution in [3.8, 4) is 5.88 Å². The molecule has 1 fully saturated rings. The third-order valence-electron chi connectivity index (χ3n) is 4.17. The van der Waals surface area contributed by atoms with Crippen LogP contribution in [0.25, 0.3) is 6.08 Å². The molecule has 1 amide bonds. The van der Waals surface area contributed by atoms with Crippen molar-refractivity contribution >= 4 is 33.6 Å². The highest BCUT2D eigenvalue weighted by molar-refractivity contribution is 9.10. The summed E-state index contributed by atoms with van der Waals surface area (Å²) in [5.41, 5.74) is 2.07. The fourth-order valence-electron chi connectivity index (χ4n) is 2.71. The molecule has 2 heterocycles. The number of benzene rings is 1. The summed E-state index contributed by atoms with van der Waals surface area (Å²) >= 11 is 3.41. The number of hydrogen-bond donors (Lipinski definition) is 0. The highest BCUT2D eigenvalue weighted by Crippen LogP contribution is 2.18. The van der Waals surface area contributed by atoms with Gasteiger partial charge in [-0.2, -0.15) is 0 Å². The Morgan fingerprint density at radius 1 is 1.12 bits per heavy atom. The van der Waals surface area contributed by atoms with Gasteiger partial charge in [-0.15, -0.1) is 0 Å². The number of halogens is 1. The maximum absolute atomic E-state index is 12.3. The zero-order valence-corrected chi connectivity index (χ0v) is 15.6. The van der Waals surface area contributed by atoms with Crippen LogP contribution in [0.4, 0.5) is 5.69 Å². The lowest BCUT2D eigenvalue weighted by Gasteiger charge is -2.35. The number of carbonyl (C=O) groups excluding carboxylic acids is 1. The lowest BCUT2D eigenvalue weighted by Crippen LogP contribution is -2.48. The number of rotatable bonds is 4. The normalized spacial score (nSPS) is 14.8. The van der Waals surface area contributed by atoms with Gasteiger partial charge in [0.25, 0.3) is 0 Å². The molecular formula is C19H20BrN3O2. The van der Waals surface area contributed by atoms with E-state index in [4.69, 9.17) is 4.74 Å². The summed E-state index contributed by atoms with van der Waals surface area (Å²) in [7, 11) is 1.61. The summed E-state index contributed by atoms with van der Waals surface area (Å²) in [5.74, 6) is 0.658. The Hall–Kier alpha value is -2.34. The average molecular weight is 402 g/mol. The lowest BCUT2D eigenvalue weighted by atomic mass is 10.2. The molecule has 5 nitrogen and oxygen atoms in total. The molecule has 0 N–H and O–H groups in total. The third-order valence-corrected chi connectivity index (χ3v) is 4.70. The zero-order valence-electron chi connectivity index (χ0n) is 14.1. The van der Waals surface area contributed by atoms with Gasteiger partial charge in [0, 0.05) is 42.8 Å². The number of carbonyl (C=O) groups is 1. The van der Waals surface area contributed by atoms with E-state index in [0.717, 1.165) is 28.8 Å². The van der Waals surface area contributed by atoms with Crippen molar-refractivity contribution in [1.29, 1.82) is 0 Å². The number of hydrogen-bond acceptors (Lipinski definition) is 4. The van der Waals surface area contributed by atoms with Gasteiger partial charge < -0.3 is 14.5 Å². The van der Waals surface area contributed by atoms with Gasteiger partial charge in [-0.05, 0) is 29.8 Å². The first-order chi connectivity index (χ1) is 12.2. The predicted octanol–water partition coefficient (Wildman–Crippen LogP) is 3.21. The Morgan fingerprint density at radius 3 is 2.44 bits per heavy atom. The zero-order chi connectivity index (χ0) is 17.6. The van der Waals surface area contributed by atoms with E-state index in [1.165, 1.54) is 0 Å². The molecule has 1 aliphatic rings. The van der Waals surface area contributed by atoms with Crippen LogP contribution in [0.3, 0.4) is 0 Å². The molecule has 25 heavy (non-hydrogen) atoms. The molecule has 6 heteroatoms. The first-order valence-electron chi connectivity index (χ1n) is 8.13. The average Bonchev–Trinajstić information content (AvgIpc) is 2.67. The van der Waals surface area contributed by atoms with Crippen molar-refractivity contribution in [2.75, 3.05) is 38.2 Å². The minimum Gasteiger partial charge on any atom is -0.481 e. The van der Waals surface area contributed by atoms with Crippen molar-refractivity contribution in [2.24, 2.45) is 0 Å². The van der Waals surface area contributed by atoms with Gasteiger partial charge >= 0.3 is 0 Å². The summed E-state index contributed by atoms with van der Waals surface area (Å²) in [5, 5.41) is 0. The minimum atomic E-state index is 0.0513. The minimum absolute atomic E-state index is 0.0513. The number of piperazine rings is 1. The number of aromatic nitrogens is 1. The molecule has 2 aromatic rings. The molecule has 0 spiro atoms. The van der Waals surface area contributed by atoms with E-state index in [0.29, 0.717) is 19.0 Å². The summed E-state index contributed by atoms with van der Waals surface area (Å²) in [6.45, 7) is 3.00. The van der Waals surface area contributed by atoms with Gasteiger partial charge in [-0.3, -0.25) is 4.79 Å². The SMILES string of the molecule is COc1ccc(N2CCN(C(=O)/C=C/c3ccc(Br)cc3)CC2)cn1. The van der Waals surface area contributed by atoms with E-state index in [1.807, 2.05) is 53.6 Å². The topological polar surface area (TPSA) is 45.7 Å². The first kappa shape index (κ1) is 17.5. The number of amides is 1. The highest BCUT2D eigenvalue weighted by Gasteiger charge is 2.20. The monoisotopic (exact) mass is 401 g/mol. The standard InChI is InChI=1S/C19H20BrN3O2/c1-25-18-8-7-17(14-21-18)22-10-12-23(13-11-22)19(24)9-4-15-2-5-16(20)6-3-15/h2-9,14H,10-13H2,1H3/b9-4+. The molecule has 130 valence electrons. The van der Waals surface area contributed by atoms with Gasteiger partial charge in [0.2, 0.25) is 11.8 Å². The maximum Gasteiger partial charge on any atom is 0.246 e. The van der Waals surface area contributed by atoms with Crippen molar-refractivity contribution in [3.63, 3.8) is 0 Å². The van der Waals surface area contributed by atoms with Crippen LogP contribution < -0.4 is 9.64 Å². The van der Waals surface area contributed by atoms with Crippen LogP contribution >= 0.6 is 15.9 Å². The van der Waals surface area contributed by atoms with Crippen LogP contribution in [0.5, 0.6) is 5.88 Å². The van der Waals surface area contributed by atoms with Gasteiger partial charge in [0.1, 0.15) is 0 Å². The van der Waals surface area contributed by atoms with Crippen LogP contribution in [0.2, 0.25) is 0 Å². The number of methoxy groups -OCH3 is 1. The smallest absolute Gasteiger partial charge is 0.246 e. The Kier molecular flexibility index (Phi) is 5.71. The van der Waals surface area contributed by atoms with Gasteiger partial charge in [-0.1, -0.05) is 28.1 Å². The molecule has 0 unspecified atom stereocenters. The van der Waals surface area contributed by atoms with Gasteiger partial charge in [0.15, 0.2) is 0 Å². The quantitative estimate of drug-likeness (QED) is 0.737. The summed E-state index contributed by atoms with van der Waals surface area (Å²) in [6, 6.07) is 11.7.